The lowest BCUT2D eigenvalue weighted by molar-refractivity contribution is -0.116. The van der Waals surface area contributed by atoms with E-state index in [-0.39, 0.29) is 27.9 Å². The highest BCUT2D eigenvalue weighted by Crippen LogP contribution is 2.34. The zero-order valence-corrected chi connectivity index (χ0v) is 12.3. The van der Waals surface area contributed by atoms with Gasteiger partial charge in [-0.05, 0) is 18.6 Å². The molecule has 1 rings (SSSR count). The van der Waals surface area contributed by atoms with Crippen LogP contribution in [0.4, 0.5) is 5.69 Å². The number of carboxylic acid groups (broad SMARTS) is 1. The van der Waals surface area contributed by atoms with Gasteiger partial charge in [0, 0.05) is 6.42 Å². The molecule has 0 unspecified atom stereocenters. The second-order valence-corrected chi connectivity index (χ2v) is 4.76. The summed E-state index contributed by atoms with van der Waals surface area (Å²) in [7, 11) is 1.41. The van der Waals surface area contributed by atoms with Crippen molar-refractivity contribution in [2.45, 2.75) is 32.6 Å². The van der Waals surface area contributed by atoms with Crippen LogP contribution >= 0.6 is 11.6 Å². The van der Waals surface area contributed by atoms with Crippen molar-refractivity contribution in [2.75, 3.05) is 12.4 Å². The molecule has 0 aliphatic carbocycles. The average Bonchev–Trinajstić information content (AvgIpc) is 2.38. The summed E-state index contributed by atoms with van der Waals surface area (Å²) in [4.78, 5) is 22.8. The van der Waals surface area contributed by atoms with E-state index < -0.39 is 5.97 Å². The average molecular weight is 300 g/mol. The molecule has 2 N–H and O–H groups in total. The Morgan fingerprint density at radius 2 is 2.05 bits per heavy atom. The molecule has 0 atom stereocenters. The summed E-state index contributed by atoms with van der Waals surface area (Å²) >= 11 is 5.95. The highest BCUT2D eigenvalue weighted by atomic mass is 35.5. The molecule has 0 saturated carbocycles. The monoisotopic (exact) mass is 299 g/mol. The fourth-order valence-corrected chi connectivity index (χ4v) is 2.06. The second-order valence-electron chi connectivity index (χ2n) is 4.35. The van der Waals surface area contributed by atoms with Gasteiger partial charge in [0.1, 0.15) is 0 Å². The zero-order valence-electron chi connectivity index (χ0n) is 11.5. The van der Waals surface area contributed by atoms with Gasteiger partial charge < -0.3 is 15.2 Å². The zero-order chi connectivity index (χ0) is 15.1. The summed E-state index contributed by atoms with van der Waals surface area (Å²) < 4.78 is 5.10. The van der Waals surface area contributed by atoms with Crippen LogP contribution in [0.1, 0.15) is 43.0 Å². The fourth-order valence-electron chi connectivity index (χ4n) is 1.77. The summed E-state index contributed by atoms with van der Waals surface area (Å²) in [5.41, 5.74) is 0.276. The molecule has 5 nitrogen and oxygen atoms in total. The summed E-state index contributed by atoms with van der Waals surface area (Å²) in [6, 6.07) is 2.63. The number of carbonyl (C=O) groups is 2. The van der Waals surface area contributed by atoms with E-state index >= 15 is 0 Å². The Balaban J connectivity index is 2.91. The molecule has 110 valence electrons. The molecular formula is C14H18ClNO4. The van der Waals surface area contributed by atoms with Gasteiger partial charge in [-0.1, -0.05) is 31.4 Å². The SMILES string of the molecule is CCCCCC(=O)Nc1cc(C(=O)O)cc(Cl)c1OC. The Labute approximate surface area is 122 Å². The molecular weight excluding hydrogens is 282 g/mol. The van der Waals surface area contributed by atoms with Crippen LogP contribution in [-0.4, -0.2) is 24.1 Å². The van der Waals surface area contributed by atoms with E-state index in [4.69, 9.17) is 21.4 Å². The molecule has 0 heterocycles. The lowest BCUT2D eigenvalue weighted by atomic mass is 10.1. The van der Waals surface area contributed by atoms with Gasteiger partial charge in [0.05, 0.1) is 23.4 Å². The van der Waals surface area contributed by atoms with Gasteiger partial charge in [-0.3, -0.25) is 4.79 Å². The molecule has 20 heavy (non-hydrogen) atoms. The Hall–Kier alpha value is -1.75. The molecule has 1 aromatic carbocycles. The number of amides is 1. The molecule has 0 aromatic heterocycles. The highest BCUT2D eigenvalue weighted by Gasteiger charge is 2.15. The van der Waals surface area contributed by atoms with Gasteiger partial charge in [-0.15, -0.1) is 0 Å². The van der Waals surface area contributed by atoms with E-state index in [1.54, 1.807) is 0 Å². The molecule has 0 bridgehead atoms. The molecule has 0 radical (unpaired) electrons. The molecule has 0 spiro atoms. The molecule has 0 aliphatic rings. The summed E-state index contributed by atoms with van der Waals surface area (Å²) in [6.07, 6.45) is 3.17. The van der Waals surface area contributed by atoms with Crippen LogP contribution in [0.15, 0.2) is 12.1 Å². The van der Waals surface area contributed by atoms with Crippen LogP contribution in [0, 0.1) is 0 Å². The van der Waals surface area contributed by atoms with Crippen LogP contribution in [-0.2, 0) is 4.79 Å². The van der Waals surface area contributed by atoms with Crippen molar-refractivity contribution >= 4 is 29.2 Å². The number of carboxylic acids is 1. The van der Waals surface area contributed by atoms with E-state index in [1.165, 1.54) is 19.2 Å². The van der Waals surface area contributed by atoms with Crippen molar-refractivity contribution in [1.82, 2.24) is 0 Å². The number of nitrogens with one attached hydrogen (secondary N) is 1. The summed E-state index contributed by atoms with van der Waals surface area (Å²) in [5.74, 6) is -1.04. The summed E-state index contributed by atoms with van der Waals surface area (Å²) in [6.45, 7) is 2.05. The number of anilines is 1. The lowest BCUT2D eigenvalue weighted by Crippen LogP contribution is -2.13. The third kappa shape index (κ3) is 4.42. The van der Waals surface area contributed by atoms with E-state index in [0.717, 1.165) is 19.3 Å². The number of benzene rings is 1. The highest BCUT2D eigenvalue weighted by molar-refractivity contribution is 6.33. The molecule has 1 amide bonds. The number of unbranched alkanes of at least 4 members (excludes halogenated alkanes) is 2. The van der Waals surface area contributed by atoms with E-state index in [1.807, 2.05) is 0 Å². The first-order valence-corrected chi connectivity index (χ1v) is 6.78. The first kappa shape index (κ1) is 16.3. The van der Waals surface area contributed by atoms with Crippen molar-refractivity contribution in [3.8, 4) is 5.75 Å². The summed E-state index contributed by atoms with van der Waals surface area (Å²) in [5, 5.41) is 11.8. The Kier molecular flexibility index (Phi) is 6.31. The Morgan fingerprint density at radius 3 is 2.60 bits per heavy atom. The molecule has 0 aliphatic heterocycles. The van der Waals surface area contributed by atoms with Gasteiger partial charge in [0.2, 0.25) is 5.91 Å². The van der Waals surface area contributed by atoms with Crippen molar-refractivity contribution < 1.29 is 19.4 Å². The minimum atomic E-state index is -1.11. The van der Waals surface area contributed by atoms with Crippen molar-refractivity contribution in [1.29, 1.82) is 0 Å². The maximum atomic E-state index is 11.8. The third-order valence-corrected chi connectivity index (χ3v) is 3.06. The van der Waals surface area contributed by atoms with Crippen LogP contribution in [0.2, 0.25) is 5.02 Å². The number of hydrogen-bond acceptors (Lipinski definition) is 3. The number of rotatable bonds is 7. The standard InChI is InChI=1S/C14H18ClNO4/c1-3-4-5-6-12(17)16-11-8-9(14(18)19)7-10(15)13(11)20-2/h7-8H,3-6H2,1-2H3,(H,16,17)(H,18,19). The maximum absolute atomic E-state index is 11.8. The number of ether oxygens (including phenoxy) is 1. The number of methoxy groups -OCH3 is 1. The number of aromatic carboxylic acids is 1. The Bertz CT molecular complexity index is 502. The van der Waals surface area contributed by atoms with Crippen LogP contribution in [0.3, 0.4) is 0 Å². The van der Waals surface area contributed by atoms with Crippen LogP contribution in [0.5, 0.6) is 5.75 Å². The fraction of sp³-hybridized carbons (Fsp3) is 0.429. The second kappa shape index (κ2) is 7.75. The van der Waals surface area contributed by atoms with Gasteiger partial charge in [-0.25, -0.2) is 4.79 Å². The number of carbonyl (C=O) groups excluding carboxylic acids is 1. The van der Waals surface area contributed by atoms with Gasteiger partial charge in [0.25, 0.3) is 0 Å². The van der Waals surface area contributed by atoms with Crippen molar-refractivity contribution in [2.24, 2.45) is 0 Å². The first-order valence-electron chi connectivity index (χ1n) is 6.40. The van der Waals surface area contributed by atoms with Crippen molar-refractivity contribution in [3.05, 3.63) is 22.7 Å². The van der Waals surface area contributed by atoms with Crippen LogP contribution < -0.4 is 10.1 Å². The van der Waals surface area contributed by atoms with E-state index in [2.05, 4.69) is 12.2 Å². The topological polar surface area (TPSA) is 75.6 Å². The Morgan fingerprint density at radius 1 is 1.35 bits per heavy atom. The molecule has 0 saturated heterocycles. The van der Waals surface area contributed by atoms with E-state index in [0.29, 0.717) is 6.42 Å². The minimum Gasteiger partial charge on any atom is -0.493 e. The third-order valence-electron chi connectivity index (χ3n) is 2.78. The van der Waals surface area contributed by atoms with Crippen molar-refractivity contribution in [3.63, 3.8) is 0 Å². The first-order chi connectivity index (χ1) is 9.49. The smallest absolute Gasteiger partial charge is 0.335 e. The lowest BCUT2D eigenvalue weighted by Gasteiger charge is -2.12. The normalized spacial score (nSPS) is 10.2. The quantitative estimate of drug-likeness (QED) is 0.755. The maximum Gasteiger partial charge on any atom is 0.335 e. The largest absolute Gasteiger partial charge is 0.493 e. The number of hydrogen-bond donors (Lipinski definition) is 2. The predicted octanol–water partition coefficient (Wildman–Crippen LogP) is 3.57. The predicted molar refractivity (Wildman–Crippen MR) is 77.7 cm³/mol. The number of halogens is 1. The van der Waals surface area contributed by atoms with Crippen LogP contribution in [0.25, 0.3) is 0 Å². The van der Waals surface area contributed by atoms with Gasteiger partial charge >= 0.3 is 5.97 Å². The molecule has 1 aromatic rings. The van der Waals surface area contributed by atoms with Gasteiger partial charge in [0.15, 0.2) is 5.75 Å². The minimum absolute atomic E-state index is 0.000316. The molecule has 0 fully saturated rings. The molecule has 6 heteroatoms. The van der Waals surface area contributed by atoms with E-state index in [9.17, 15) is 9.59 Å². The van der Waals surface area contributed by atoms with Gasteiger partial charge in [-0.2, -0.15) is 0 Å².